The van der Waals surface area contributed by atoms with Crippen molar-refractivity contribution in [1.29, 1.82) is 0 Å². The van der Waals surface area contributed by atoms with Crippen LogP contribution in [0.2, 0.25) is 0 Å². The summed E-state index contributed by atoms with van der Waals surface area (Å²) in [6.07, 6.45) is 0. The summed E-state index contributed by atoms with van der Waals surface area (Å²) in [5.74, 6) is 1.81. The topological polar surface area (TPSA) is 17.4 Å². The van der Waals surface area contributed by atoms with Crippen molar-refractivity contribution in [3.8, 4) is 22.6 Å². The molecule has 0 radical (unpaired) electrons. The Morgan fingerprint density at radius 1 is 0.619 bits per heavy atom. The lowest BCUT2D eigenvalue weighted by molar-refractivity contribution is 0.477. The zero-order valence-electron chi connectivity index (χ0n) is 25.0. The van der Waals surface area contributed by atoms with Crippen molar-refractivity contribution < 1.29 is 4.74 Å². The van der Waals surface area contributed by atoms with Crippen LogP contribution in [0.1, 0.15) is 52.7 Å². The number of rotatable bonds is 0. The highest BCUT2D eigenvalue weighted by atomic mass is 16.5. The molecule has 0 bridgehead atoms. The summed E-state index contributed by atoms with van der Waals surface area (Å²) < 4.78 is 9.18. The van der Waals surface area contributed by atoms with E-state index in [0.717, 1.165) is 22.9 Å². The van der Waals surface area contributed by atoms with Crippen LogP contribution in [0.25, 0.3) is 32.9 Å². The number of hydrogen-bond acceptors (Lipinski definition) is 2. The maximum absolute atomic E-state index is 6.55. The highest BCUT2D eigenvalue weighted by molar-refractivity contribution is 6.90. The first-order chi connectivity index (χ1) is 20.1. The summed E-state index contributed by atoms with van der Waals surface area (Å²) >= 11 is 0. The normalized spacial score (nSPS) is 14.5. The van der Waals surface area contributed by atoms with Crippen LogP contribution in [0.3, 0.4) is 0 Å². The van der Waals surface area contributed by atoms with Gasteiger partial charge in [-0.25, -0.2) is 0 Å². The summed E-state index contributed by atoms with van der Waals surface area (Å²) in [5.41, 5.74) is 14.3. The fourth-order valence-electron chi connectivity index (χ4n) is 7.55. The molecule has 0 unspecified atom stereocenters. The minimum Gasteiger partial charge on any atom is -0.453 e. The molecule has 204 valence electrons. The van der Waals surface area contributed by atoms with Gasteiger partial charge in [-0.2, -0.15) is 0 Å². The summed E-state index contributed by atoms with van der Waals surface area (Å²) in [4.78, 5) is 2.44. The number of para-hydroxylation sites is 3. The van der Waals surface area contributed by atoms with Gasteiger partial charge in [0.2, 0.25) is 0 Å². The molecule has 0 atom stereocenters. The molecule has 9 rings (SSSR count). The van der Waals surface area contributed by atoms with Crippen molar-refractivity contribution >= 4 is 56.6 Å². The molecule has 6 aromatic rings. The van der Waals surface area contributed by atoms with Crippen LogP contribution >= 0.6 is 0 Å². The van der Waals surface area contributed by atoms with Crippen LogP contribution in [-0.4, -0.2) is 11.3 Å². The summed E-state index contributed by atoms with van der Waals surface area (Å²) in [6.45, 7) is 14.0. The fourth-order valence-corrected chi connectivity index (χ4v) is 7.55. The third kappa shape index (κ3) is 2.97. The molecular weight excluding hydrogens is 511 g/mol. The summed E-state index contributed by atoms with van der Waals surface area (Å²) in [7, 11) is 0. The Labute approximate surface area is 247 Å². The van der Waals surface area contributed by atoms with E-state index in [0.29, 0.717) is 0 Å². The average Bonchev–Trinajstić information content (AvgIpc) is 3.29. The van der Waals surface area contributed by atoms with Gasteiger partial charge < -0.3 is 14.1 Å². The van der Waals surface area contributed by atoms with Crippen molar-refractivity contribution in [3.05, 3.63) is 102 Å². The van der Waals surface area contributed by atoms with Crippen molar-refractivity contribution in [2.24, 2.45) is 0 Å². The van der Waals surface area contributed by atoms with E-state index < -0.39 is 0 Å². The first-order valence-electron chi connectivity index (χ1n) is 15.1. The third-order valence-electron chi connectivity index (χ3n) is 9.65. The maximum Gasteiger partial charge on any atom is 0.333 e. The molecule has 3 aliphatic rings. The van der Waals surface area contributed by atoms with E-state index in [4.69, 9.17) is 4.74 Å². The Hall–Kier alpha value is -4.44. The second kappa shape index (κ2) is 7.69. The Kier molecular flexibility index (Phi) is 4.43. The van der Waals surface area contributed by atoms with Gasteiger partial charge in [-0.3, -0.25) is 0 Å². The maximum atomic E-state index is 6.55. The second-order valence-corrected chi connectivity index (χ2v) is 14.3. The lowest BCUT2D eigenvalue weighted by atomic mass is 9.45. The first kappa shape index (κ1) is 24.2. The SMILES string of the molecule is CC(C)(C)c1ccc2c(c1)c1cc(C(C)(C)C)cc3c1n2B1c2cccc4c2N(c2ccccc2O4)c2cccc-3c21. The van der Waals surface area contributed by atoms with Crippen LogP contribution in [0.15, 0.2) is 91.0 Å². The van der Waals surface area contributed by atoms with E-state index in [9.17, 15) is 0 Å². The molecule has 0 amide bonds. The van der Waals surface area contributed by atoms with E-state index in [-0.39, 0.29) is 17.7 Å². The van der Waals surface area contributed by atoms with Crippen molar-refractivity contribution in [2.75, 3.05) is 4.90 Å². The Morgan fingerprint density at radius 3 is 2.14 bits per heavy atom. The van der Waals surface area contributed by atoms with Crippen molar-refractivity contribution in [3.63, 3.8) is 0 Å². The highest BCUT2D eigenvalue weighted by Crippen LogP contribution is 2.53. The Morgan fingerprint density at radius 2 is 1.33 bits per heavy atom. The van der Waals surface area contributed by atoms with Gasteiger partial charge in [0.25, 0.3) is 0 Å². The summed E-state index contributed by atoms with van der Waals surface area (Å²) in [6, 6.07) is 34.0. The van der Waals surface area contributed by atoms with Gasteiger partial charge in [-0.15, -0.1) is 0 Å². The van der Waals surface area contributed by atoms with Crippen LogP contribution in [0.4, 0.5) is 17.1 Å². The van der Waals surface area contributed by atoms with Crippen LogP contribution < -0.4 is 20.6 Å². The van der Waals surface area contributed by atoms with Gasteiger partial charge in [0.1, 0.15) is 0 Å². The molecule has 5 aromatic carbocycles. The number of aromatic nitrogens is 1. The Balaban J connectivity index is 1.47. The molecule has 0 saturated carbocycles. The minimum atomic E-state index is 0.0249. The number of benzene rings is 5. The molecule has 0 saturated heterocycles. The lowest BCUT2D eigenvalue weighted by Crippen LogP contribution is -2.57. The predicted octanol–water partition coefficient (Wildman–Crippen LogP) is 8.91. The largest absolute Gasteiger partial charge is 0.453 e. The molecular formula is C38H33BN2O. The molecule has 3 nitrogen and oxygen atoms in total. The molecule has 1 aromatic heterocycles. The van der Waals surface area contributed by atoms with Gasteiger partial charge in [0.05, 0.1) is 11.4 Å². The number of hydrogen-bond donors (Lipinski definition) is 0. The number of nitrogens with zero attached hydrogens (tertiary/aromatic N) is 2. The predicted molar refractivity (Wildman–Crippen MR) is 177 cm³/mol. The average molecular weight is 545 g/mol. The van der Waals surface area contributed by atoms with Gasteiger partial charge in [-0.05, 0) is 87.0 Å². The van der Waals surface area contributed by atoms with Crippen LogP contribution in [0, 0.1) is 0 Å². The van der Waals surface area contributed by atoms with E-state index >= 15 is 0 Å². The zero-order chi connectivity index (χ0) is 28.7. The van der Waals surface area contributed by atoms with E-state index in [2.05, 4.69) is 142 Å². The number of fused-ring (bicyclic) bond motifs is 9. The van der Waals surface area contributed by atoms with Crippen molar-refractivity contribution in [1.82, 2.24) is 4.48 Å². The standard InChI is InChI=1S/C38H33BN2O/c1-37(2,3)22-17-18-29-25(19-22)27-21-23(38(4,5)6)20-26-24-11-9-14-31-34(24)39(41(29)35(26)27)28-12-10-16-33-36(28)40(31)30-13-7-8-15-32(30)42-33/h7-21H,1-6H3. The molecule has 0 aliphatic carbocycles. The zero-order valence-corrected chi connectivity index (χ0v) is 25.0. The van der Waals surface area contributed by atoms with Crippen LogP contribution in [-0.2, 0) is 10.8 Å². The molecule has 4 heterocycles. The number of anilines is 3. The van der Waals surface area contributed by atoms with Gasteiger partial charge in [0, 0.05) is 33.1 Å². The molecule has 42 heavy (non-hydrogen) atoms. The summed E-state index contributed by atoms with van der Waals surface area (Å²) in [5, 5.41) is 2.69. The smallest absolute Gasteiger partial charge is 0.333 e. The fraction of sp³-hybridized carbons (Fsp3) is 0.211. The Bertz CT molecular complexity index is 2160. The van der Waals surface area contributed by atoms with Crippen LogP contribution in [0.5, 0.6) is 11.5 Å². The second-order valence-electron chi connectivity index (χ2n) is 14.3. The van der Waals surface area contributed by atoms with Gasteiger partial charge in [0.15, 0.2) is 11.5 Å². The monoisotopic (exact) mass is 544 g/mol. The van der Waals surface area contributed by atoms with Crippen molar-refractivity contribution in [2.45, 2.75) is 52.4 Å². The molecule has 0 fully saturated rings. The highest BCUT2D eigenvalue weighted by Gasteiger charge is 2.45. The lowest BCUT2D eigenvalue weighted by Gasteiger charge is -2.43. The third-order valence-corrected chi connectivity index (χ3v) is 9.65. The minimum absolute atomic E-state index is 0.0249. The van der Waals surface area contributed by atoms with E-state index in [1.54, 1.807) is 0 Å². The molecule has 0 spiro atoms. The molecule has 0 N–H and O–H groups in total. The van der Waals surface area contributed by atoms with Gasteiger partial charge in [-0.1, -0.05) is 84.0 Å². The first-order valence-corrected chi connectivity index (χ1v) is 15.1. The molecule has 3 aliphatic heterocycles. The number of ether oxygens (including phenoxy) is 1. The molecule has 4 heteroatoms. The van der Waals surface area contributed by atoms with E-state index in [1.165, 1.54) is 60.7 Å². The quantitative estimate of drug-likeness (QED) is 0.177. The van der Waals surface area contributed by atoms with E-state index in [1.807, 2.05) is 0 Å². The van der Waals surface area contributed by atoms with Gasteiger partial charge >= 0.3 is 6.85 Å².